The first-order chi connectivity index (χ1) is 13.2. The topological polar surface area (TPSA) is 87.8 Å². The average molecular weight is 398 g/mol. The molecular weight excluding hydrogens is 379 g/mol. The molecule has 0 saturated carbocycles. The molecule has 1 atom stereocenters. The fourth-order valence-electron chi connectivity index (χ4n) is 2.71. The maximum absolute atomic E-state index is 13.2. The zero-order valence-electron chi connectivity index (χ0n) is 15.7. The molecule has 1 aromatic carbocycles. The number of thiophene rings is 1. The lowest BCUT2D eigenvalue weighted by Crippen LogP contribution is -2.50. The first-order valence-electron chi connectivity index (χ1n) is 8.70. The third-order valence-corrected chi connectivity index (χ3v) is 5.70. The molecule has 0 spiro atoms. The molecule has 0 fully saturated rings. The summed E-state index contributed by atoms with van der Waals surface area (Å²) in [6, 6.07) is 7.96. The summed E-state index contributed by atoms with van der Waals surface area (Å²) in [5, 5.41) is 14.2. The largest absolute Gasteiger partial charge is 0.336 e. The number of aromatic nitrogens is 2. The van der Waals surface area contributed by atoms with Crippen molar-refractivity contribution < 1.29 is 9.18 Å². The van der Waals surface area contributed by atoms with E-state index in [2.05, 4.69) is 16.4 Å². The van der Waals surface area contributed by atoms with Gasteiger partial charge >= 0.3 is 0 Å². The molecule has 28 heavy (non-hydrogen) atoms. The van der Waals surface area contributed by atoms with Crippen molar-refractivity contribution in [2.24, 2.45) is 5.92 Å². The van der Waals surface area contributed by atoms with Gasteiger partial charge in [0.2, 0.25) is 5.91 Å². The molecule has 144 valence electrons. The normalized spacial score (nSPS) is 13.3. The summed E-state index contributed by atoms with van der Waals surface area (Å²) < 4.78 is 14.4. The number of carbonyl (C=O) groups is 1. The highest BCUT2D eigenvalue weighted by Crippen LogP contribution is 2.30. The van der Waals surface area contributed by atoms with E-state index in [1.54, 1.807) is 24.4 Å². The van der Waals surface area contributed by atoms with Crippen LogP contribution in [0, 0.1) is 23.1 Å². The minimum absolute atomic E-state index is 0.0965. The predicted molar refractivity (Wildman–Crippen MR) is 106 cm³/mol. The van der Waals surface area contributed by atoms with E-state index in [1.807, 2.05) is 13.8 Å². The first kappa shape index (κ1) is 19.7. The quantitative estimate of drug-likeness (QED) is 0.714. The van der Waals surface area contributed by atoms with E-state index in [-0.39, 0.29) is 23.8 Å². The van der Waals surface area contributed by atoms with E-state index in [0.29, 0.717) is 21.3 Å². The fourth-order valence-corrected chi connectivity index (χ4v) is 3.61. The summed E-state index contributed by atoms with van der Waals surface area (Å²) >= 11 is 1.31. The summed E-state index contributed by atoms with van der Waals surface area (Å²) in [6.07, 6.45) is 1.33. The SMILES string of the molecule is CC(C)[C@](C)(C#N)NC(=O)Cn1cnc2scc(-c3ccc(F)cc3)c2c1=O. The van der Waals surface area contributed by atoms with E-state index in [9.17, 15) is 19.2 Å². The van der Waals surface area contributed by atoms with Crippen LogP contribution in [0.15, 0.2) is 40.8 Å². The van der Waals surface area contributed by atoms with Gasteiger partial charge in [0.25, 0.3) is 5.56 Å². The number of nitrogens with zero attached hydrogens (tertiary/aromatic N) is 3. The summed E-state index contributed by atoms with van der Waals surface area (Å²) in [5.41, 5.74) is -0.0364. The fraction of sp³-hybridized carbons (Fsp3) is 0.300. The Bertz CT molecular complexity index is 1130. The molecule has 0 bridgehead atoms. The zero-order chi connectivity index (χ0) is 20.5. The Labute approximate surface area is 165 Å². The second kappa shape index (κ2) is 7.52. The van der Waals surface area contributed by atoms with Gasteiger partial charge in [-0.3, -0.25) is 14.2 Å². The van der Waals surface area contributed by atoms with Crippen LogP contribution in [-0.2, 0) is 11.3 Å². The van der Waals surface area contributed by atoms with Crippen LogP contribution < -0.4 is 10.9 Å². The van der Waals surface area contributed by atoms with E-state index >= 15 is 0 Å². The van der Waals surface area contributed by atoms with E-state index in [1.165, 1.54) is 34.4 Å². The van der Waals surface area contributed by atoms with Gasteiger partial charge in [0.1, 0.15) is 22.7 Å². The minimum Gasteiger partial charge on any atom is -0.336 e. The summed E-state index contributed by atoms with van der Waals surface area (Å²) in [6.45, 7) is 5.07. The lowest BCUT2D eigenvalue weighted by Gasteiger charge is -2.27. The molecule has 1 amide bonds. The monoisotopic (exact) mass is 398 g/mol. The first-order valence-corrected chi connectivity index (χ1v) is 9.58. The average Bonchev–Trinajstić information content (AvgIpc) is 3.09. The van der Waals surface area contributed by atoms with Crippen LogP contribution in [-0.4, -0.2) is 21.0 Å². The Morgan fingerprint density at radius 3 is 2.68 bits per heavy atom. The Kier molecular flexibility index (Phi) is 5.29. The molecule has 0 aliphatic rings. The van der Waals surface area contributed by atoms with Gasteiger partial charge in [-0.2, -0.15) is 5.26 Å². The molecule has 2 heterocycles. The van der Waals surface area contributed by atoms with Gasteiger partial charge < -0.3 is 5.32 Å². The summed E-state index contributed by atoms with van der Waals surface area (Å²) in [4.78, 5) is 30.2. The van der Waals surface area contributed by atoms with Crippen LogP contribution in [0.5, 0.6) is 0 Å². The van der Waals surface area contributed by atoms with Crippen LogP contribution in [0.3, 0.4) is 0 Å². The van der Waals surface area contributed by atoms with Crippen molar-refractivity contribution in [3.8, 4) is 17.2 Å². The van der Waals surface area contributed by atoms with Crippen LogP contribution in [0.4, 0.5) is 4.39 Å². The molecule has 0 aliphatic carbocycles. The van der Waals surface area contributed by atoms with Gasteiger partial charge in [0, 0.05) is 10.9 Å². The van der Waals surface area contributed by atoms with Crippen molar-refractivity contribution in [1.29, 1.82) is 5.26 Å². The highest BCUT2D eigenvalue weighted by Gasteiger charge is 2.30. The second-order valence-corrected chi connectivity index (χ2v) is 7.89. The number of carbonyl (C=O) groups excluding carboxylic acids is 1. The lowest BCUT2D eigenvalue weighted by molar-refractivity contribution is -0.123. The smallest absolute Gasteiger partial charge is 0.263 e. The van der Waals surface area contributed by atoms with Gasteiger partial charge in [-0.1, -0.05) is 26.0 Å². The molecule has 1 N–H and O–H groups in total. The van der Waals surface area contributed by atoms with Crippen LogP contribution in [0.1, 0.15) is 20.8 Å². The molecule has 3 rings (SSSR count). The molecule has 2 aromatic heterocycles. The Morgan fingerprint density at radius 2 is 2.07 bits per heavy atom. The van der Waals surface area contributed by atoms with Crippen molar-refractivity contribution >= 4 is 27.5 Å². The Balaban J connectivity index is 1.96. The van der Waals surface area contributed by atoms with Gasteiger partial charge in [-0.15, -0.1) is 11.3 Å². The number of hydrogen-bond donors (Lipinski definition) is 1. The molecule has 0 radical (unpaired) electrons. The summed E-state index contributed by atoms with van der Waals surface area (Å²) in [7, 11) is 0. The molecule has 0 saturated heterocycles. The zero-order valence-corrected chi connectivity index (χ0v) is 16.5. The number of amides is 1. The number of nitriles is 1. The number of rotatable bonds is 5. The Hall–Kier alpha value is -3.05. The molecule has 8 heteroatoms. The standard InChI is InChI=1S/C20H19FN4O2S/c1-12(2)20(3,10-22)24-16(26)8-25-11-23-18-17(19(25)27)15(9-28-18)13-4-6-14(21)7-5-13/h4-7,9,11-12H,8H2,1-3H3,(H,24,26)/t20-/m0/s1. The Morgan fingerprint density at radius 1 is 1.39 bits per heavy atom. The number of nitrogens with one attached hydrogen (secondary N) is 1. The number of hydrogen-bond acceptors (Lipinski definition) is 5. The lowest BCUT2D eigenvalue weighted by atomic mass is 9.90. The van der Waals surface area contributed by atoms with Crippen molar-refractivity contribution in [1.82, 2.24) is 14.9 Å². The number of halogens is 1. The summed E-state index contributed by atoms with van der Waals surface area (Å²) in [5.74, 6) is -0.901. The predicted octanol–water partition coefficient (Wildman–Crippen LogP) is 3.32. The molecule has 0 aliphatic heterocycles. The van der Waals surface area contributed by atoms with E-state index in [0.717, 1.165) is 0 Å². The van der Waals surface area contributed by atoms with Crippen molar-refractivity contribution in [2.45, 2.75) is 32.9 Å². The van der Waals surface area contributed by atoms with Crippen LogP contribution in [0.25, 0.3) is 21.3 Å². The molecule has 0 unspecified atom stereocenters. The van der Waals surface area contributed by atoms with Crippen LogP contribution in [0.2, 0.25) is 0 Å². The molecular formula is C20H19FN4O2S. The van der Waals surface area contributed by atoms with Crippen molar-refractivity contribution in [3.05, 3.63) is 52.1 Å². The van der Waals surface area contributed by atoms with Gasteiger partial charge in [-0.25, -0.2) is 9.37 Å². The van der Waals surface area contributed by atoms with Crippen molar-refractivity contribution in [3.63, 3.8) is 0 Å². The van der Waals surface area contributed by atoms with Gasteiger partial charge in [-0.05, 0) is 30.5 Å². The number of benzene rings is 1. The van der Waals surface area contributed by atoms with E-state index in [4.69, 9.17) is 0 Å². The third-order valence-electron chi connectivity index (χ3n) is 4.82. The highest BCUT2D eigenvalue weighted by atomic mass is 32.1. The van der Waals surface area contributed by atoms with E-state index < -0.39 is 11.4 Å². The maximum Gasteiger partial charge on any atom is 0.263 e. The minimum atomic E-state index is -1.03. The third kappa shape index (κ3) is 3.66. The maximum atomic E-state index is 13.2. The number of fused-ring (bicyclic) bond motifs is 1. The van der Waals surface area contributed by atoms with Gasteiger partial charge in [0.15, 0.2) is 0 Å². The van der Waals surface area contributed by atoms with Crippen molar-refractivity contribution in [2.75, 3.05) is 0 Å². The molecule has 6 nitrogen and oxygen atoms in total. The highest BCUT2D eigenvalue weighted by molar-refractivity contribution is 7.17. The second-order valence-electron chi connectivity index (χ2n) is 7.03. The van der Waals surface area contributed by atoms with Crippen LogP contribution >= 0.6 is 11.3 Å². The molecule has 3 aromatic rings. The van der Waals surface area contributed by atoms with Gasteiger partial charge in [0.05, 0.1) is 17.8 Å².